The number of hydrogen-bond donors (Lipinski definition) is 0. The van der Waals surface area contributed by atoms with E-state index in [1.54, 1.807) is 17.0 Å². The fourth-order valence-electron chi connectivity index (χ4n) is 3.40. The van der Waals surface area contributed by atoms with Crippen molar-refractivity contribution in [2.45, 2.75) is 45.7 Å². The van der Waals surface area contributed by atoms with E-state index >= 15 is 0 Å². The molecule has 0 N–H and O–H groups in total. The molecule has 1 aromatic heterocycles. The smallest absolute Gasteiger partial charge is 0.253 e. The zero-order valence-electron chi connectivity index (χ0n) is 15.3. The molecule has 26 heavy (non-hydrogen) atoms. The summed E-state index contributed by atoms with van der Waals surface area (Å²) in [6.45, 7) is 6.74. The fourth-order valence-corrected chi connectivity index (χ4v) is 3.40. The van der Waals surface area contributed by atoms with Crippen molar-refractivity contribution in [1.29, 1.82) is 0 Å². The van der Waals surface area contributed by atoms with Gasteiger partial charge in [-0.05, 0) is 56.0 Å². The molecule has 0 spiro atoms. The summed E-state index contributed by atoms with van der Waals surface area (Å²) in [6.07, 6.45) is 3.50. The predicted octanol–water partition coefficient (Wildman–Crippen LogP) is 3.56. The summed E-state index contributed by atoms with van der Waals surface area (Å²) in [5.41, 5.74) is 1.21. The van der Waals surface area contributed by atoms with Gasteiger partial charge in [0.15, 0.2) is 0 Å². The van der Waals surface area contributed by atoms with Crippen LogP contribution in [0, 0.1) is 17.6 Å². The first-order valence-corrected chi connectivity index (χ1v) is 9.15. The fraction of sp³-hybridized carbons (Fsp3) is 0.500. The third-order valence-electron chi connectivity index (χ3n) is 5.06. The maximum Gasteiger partial charge on any atom is 0.253 e. The Kier molecular flexibility index (Phi) is 5.81. The van der Waals surface area contributed by atoms with Gasteiger partial charge in [0.05, 0.1) is 12.0 Å². The Morgan fingerprint density at radius 2 is 1.92 bits per heavy atom. The van der Waals surface area contributed by atoms with Crippen LogP contribution in [0.3, 0.4) is 0 Å². The first kappa shape index (κ1) is 18.7. The van der Waals surface area contributed by atoms with Crippen molar-refractivity contribution in [2.75, 3.05) is 13.1 Å². The molecular formula is C20H25F2N3O. The summed E-state index contributed by atoms with van der Waals surface area (Å²) in [7, 11) is 0. The Morgan fingerprint density at radius 3 is 2.58 bits per heavy atom. The van der Waals surface area contributed by atoms with Crippen LogP contribution in [-0.4, -0.2) is 27.5 Å². The zero-order chi connectivity index (χ0) is 18.7. The van der Waals surface area contributed by atoms with Gasteiger partial charge in [-0.3, -0.25) is 14.3 Å². The molecular weight excluding hydrogens is 336 g/mol. The Bertz CT molecular complexity index is 811. The molecule has 0 saturated carbocycles. The van der Waals surface area contributed by atoms with Crippen molar-refractivity contribution in [2.24, 2.45) is 5.92 Å². The Hall–Kier alpha value is -2.08. The molecule has 1 aromatic carbocycles. The molecule has 0 radical (unpaired) electrons. The van der Waals surface area contributed by atoms with Crippen molar-refractivity contribution < 1.29 is 8.78 Å². The van der Waals surface area contributed by atoms with Gasteiger partial charge in [-0.2, -0.15) is 0 Å². The van der Waals surface area contributed by atoms with E-state index in [2.05, 4.69) is 9.88 Å². The van der Waals surface area contributed by atoms with Crippen molar-refractivity contribution >= 4 is 0 Å². The molecule has 1 aliphatic heterocycles. The number of likely N-dealkylation sites (tertiary alicyclic amines) is 1. The van der Waals surface area contributed by atoms with E-state index in [0.29, 0.717) is 24.6 Å². The van der Waals surface area contributed by atoms with Crippen molar-refractivity contribution in [1.82, 2.24) is 14.5 Å². The van der Waals surface area contributed by atoms with Gasteiger partial charge in [-0.25, -0.2) is 13.8 Å². The van der Waals surface area contributed by atoms with Gasteiger partial charge in [-0.1, -0.05) is 13.8 Å². The van der Waals surface area contributed by atoms with E-state index in [0.717, 1.165) is 37.7 Å². The van der Waals surface area contributed by atoms with Crippen LogP contribution in [0.2, 0.25) is 0 Å². The summed E-state index contributed by atoms with van der Waals surface area (Å²) in [5.74, 6) is -0.138. The monoisotopic (exact) mass is 361 g/mol. The molecule has 1 aliphatic rings. The highest BCUT2D eigenvalue weighted by molar-refractivity contribution is 5.18. The Labute approximate surface area is 152 Å². The van der Waals surface area contributed by atoms with Gasteiger partial charge >= 0.3 is 0 Å². The number of halogens is 2. The van der Waals surface area contributed by atoms with Crippen molar-refractivity contribution in [3.05, 3.63) is 63.8 Å². The van der Waals surface area contributed by atoms with E-state index in [-0.39, 0.29) is 17.3 Å². The summed E-state index contributed by atoms with van der Waals surface area (Å²) in [5, 5.41) is 0. The molecule has 0 aliphatic carbocycles. The van der Waals surface area contributed by atoms with E-state index < -0.39 is 5.82 Å². The van der Waals surface area contributed by atoms with Crippen LogP contribution in [-0.2, 0) is 13.1 Å². The minimum absolute atomic E-state index is 0.00652. The topological polar surface area (TPSA) is 38.1 Å². The summed E-state index contributed by atoms with van der Waals surface area (Å²) < 4.78 is 28.8. The minimum Gasteiger partial charge on any atom is -0.299 e. The number of nitrogens with zero attached hydrogens (tertiary/aromatic N) is 3. The standard InChI is InChI=1S/C20H25F2N3O/c1-14(2)19-10-20(26)25(13-23-19)11-15-5-7-24(8-6-15)12-16-9-17(21)3-4-18(16)22/h3-4,9-10,13-15H,5-8,11-12H2,1-2H3. The lowest BCUT2D eigenvalue weighted by atomic mass is 9.96. The van der Waals surface area contributed by atoms with Crippen LogP contribution in [0.25, 0.3) is 0 Å². The average molecular weight is 361 g/mol. The number of aromatic nitrogens is 2. The second kappa shape index (κ2) is 8.08. The van der Waals surface area contributed by atoms with Gasteiger partial charge in [0.1, 0.15) is 11.6 Å². The maximum atomic E-state index is 13.8. The van der Waals surface area contributed by atoms with E-state index in [1.807, 2.05) is 13.8 Å². The normalized spacial score (nSPS) is 16.3. The van der Waals surface area contributed by atoms with E-state index in [9.17, 15) is 13.6 Å². The molecule has 1 fully saturated rings. The number of piperidine rings is 1. The molecule has 4 nitrogen and oxygen atoms in total. The Morgan fingerprint density at radius 1 is 1.19 bits per heavy atom. The molecule has 0 unspecified atom stereocenters. The quantitative estimate of drug-likeness (QED) is 0.817. The molecule has 3 rings (SSSR count). The number of hydrogen-bond acceptors (Lipinski definition) is 3. The second-order valence-electron chi connectivity index (χ2n) is 7.41. The molecule has 2 heterocycles. The van der Waals surface area contributed by atoms with Gasteiger partial charge in [-0.15, -0.1) is 0 Å². The summed E-state index contributed by atoms with van der Waals surface area (Å²) in [4.78, 5) is 18.7. The highest BCUT2D eigenvalue weighted by Crippen LogP contribution is 2.21. The number of rotatable bonds is 5. The van der Waals surface area contributed by atoms with Gasteiger partial charge < -0.3 is 0 Å². The first-order valence-electron chi connectivity index (χ1n) is 9.15. The van der Waals surface area contributed by atoms with Crippen LogP contribution >= 0.6 is 0 Å². The van der Waals surface area contributed by atoms with Crippen molar-refractivity contribution in [3.63, 3.8) is 0 Å². The maximum absolute atomic E-state index is 13.8. The van der Waals surface area contributed by atoms with E-state index in [4.69, 9.17) is 0 Å². The van der Waals surface area contributed by atoms with Crippen molar-refractivity contribution in [3.8, 4) is 0 Å². The lowest BCUT2D eigenvalue weighted by molar-refractivity contribution is 0.164. The molecule has 0 bridgehead atoms. The molecule has 2 aromatic rings. The molecule has 0 amide bonds. The van der Waals surface area contributed by atoms with Crippen LogP contribution in [0.15, 0.2) is 35.4 Å². The van der Waals surface area contributed by atoms with Gasteiger partial charge in [0.25, 0.3) is 5.56 Å². The lowest BCUT2D eigenvalue weighted by Crippen LogP contribution is -2.36. The predicted molar refractivity (Wildman–Crippen MR) is 96.9 cm³/mol. The largest absolute Gasteiger partial charge is 0.299 e. The highest BCUT2D eigenvalue weighted by atomic mass is 19.1. The van der Waals surface area contributed by atoms with Gasteiger partial charge in [0, 0.05) is 24.7 Å². The molecule has 0 atom stereocenters. The van der Waals surface area contributed by atoms with Crippen LogP contribution in [0.4, 0.5) is 8.78 Å². The lowest BCUT2D eigenvalue weighted by Gasteiger charge is -2.32. The highest BCUT2D eigenvalue weighted by Gasteiger charge is 2.21. The Balaban J connectivity index is 1.55. The van der Waals surface area contributed by atoms with Crippen LogP contribution in [0.1, 0.15) is 43.9 Å². The molecule has 6 heteroatoms. The SMILES string of the molecule is CC(C)c1cc(=O)n(CC2CCN(Cc3cc(F)ccc3F)CC2)cn1. The van der Waals surface area contributed by atoms with Crippen LogP contribution in [0.5, 0.6) is 0 Å². The minimum atomic E-state index is -0.409. The zero-order valence-corrected chi connectivity index (χ0v) is 15.3. The molecule has 140 valence electrons. The summed E-state index contributed by atoms with van der Waals surface area (Å²) in [6, 6.07) is 5.20. The number of benzene rings is 1. The third-order valence-corrected chi connectivity index (χ3v) is 5.06. The first-order chi connectivity index (χ1) is 12.4. The summed E-state index contributed by atoms with van der Waals surface area (Å²) >= 11 is 0. The second-order valence-corrected chi connectivity index (χ2v) is 7.41. The molecule has 1 saturated heterocycles. The third kappa shape index (κ3) is 4.55. The van der Waals surface area contributed by atoms with Gasteiger partial charge in [0.2, 0.25) is 0 Å². The van der Waals surface area contributed by atoms with E-state index in [1.165, 1.54) is 12.1 Å². The average Bonchev–Trinajstić information content (AvgIpc) is 2.61. The van der Waals surface area contributed by atoms with Crippen LogP contribution < -0.4 is 5.56 Å².